The average molecular weight is 432 g/mol. The maximum atomic E-state index is 13.8. The standard InChI is InChI=1S/C21H16ClF2N3OS/c22-16-8-10-27(21-25-9-11-29-21)12-15(16)13-4-6-14(7-5-13)26-20(28)19-17(23)2-1-3-18(19)24/h1-7,9,11H,8,10,12H2,(H,26,28). The van der Waals surface area contributed by atoms with Crippen molar-refractivity contribution in [1.82, 2.24) is 4.98 Å². The second kappa shape index (κ2) is 8.31. The van der Waals surface area contributed by atoms with Crippen LogP contribution in [0.1, 0.15) is 22.3 Å². The summed E-state index contributed by atoms with van der Waals surface area (Å²) in [6, 6.07) is 10.3. The van der Waals surface area contributed by atoms with Crippen LogP contribution < -0.4 is 10.2 Å². The molecule has 1 N–H and O–H groups in total. The van der Waals surface area contributed by atoms with Crippen LogP contribution in [0.5, 0.6) is 0 Å². The normalized spacial score (nSPS) is 14.2. The van der Waals surface area contributed by atoms with Crippen LogP contribution in [0, 0.1) is 11.6 Å². The first kappa shape index (κ1) is 19.5. The van der Waals surface area contributed by atoms with E-state index in [2.05, 4.69) is 15.2 Å². The highest BCUT2D eigenvalue weighted by atomic mass is 35.5. The van der Waals surface area contributed by atoms with Crippen molar-refractivity contribution < 1.29 is 13.6 Å². The third-order valence-corrected chi connectivity index (χ3v) is 5.90. The van der Waals surface area contributed by atoms with E-state index in [1.54, 1.807) is 29.7 Å². The first-order chi connectivity index (χ1) is 14.0. The van der Waals surface area contributed by atoms with Crippen LogP contribution in [0.4, 0.5) is 19.6 Å². The number of amides is 1. The Bertz CT molecular complexity index is 1050. The minimum absolute atomic E-state index is 0.436. The van der Waals surface area contributed by atoms with E-state index in [1.165, 1.54) is 6.07 Å². The molecular weight excluding hydrogens is 416 g/mol. The van der Waals surface area contributed by atoms with Gasteiger partial charge in [0.15, 0.2) is 5.13 Å². The molecule has 1 aromatic heterocycles. The number of rotatable bonds is 4. The predicted molar refractivity (Wildman–Crippen MR) is 112 cm³/mol. The second-order valence-corrected chi connectivity index (χ2v) is 7.83. The topological polar surface area (TPSA) is 45.2 Å². The molecule has 0 bridgehead atoms. The van der Waals surface area contributed by atoms with Gasteiger partial charge in [-0.1, -0.05) is 29.8 Å². The molecule has 2 heterocycles. The molecule has 0 fully saturated rings. The summed E-state index contributed by atoms with van der Waals surface area (Å²) in [6.07, 6.45) is 2.50. The molecule has 1 amide bonds. The molecule has 0 saturated carbocycles. The molecule has 3 aromatic rings. The lowest BCUT2D eigenvalue weighted by atomic mass is 10.0. The average Bonchev–Trinajstić information content (AvgIpc) is 3.24. The first-order valence-corrected chi connectivity index (χ1v) is 10.2. The van der Waals surface area contributed by atoms with Crippen molar-refractivity contribution in [3.05, 3.63) is 81.8 Å². The zero-order valence-corrected chi connectivity index (χ0v) is 16.7. The largest absolute Gasteiger partial charge is 0.343 e. The number of carbonyl (C=O) groups is 1. The smallest absolute Gasteiger partial charge is 0.261 e. The lowest BCUT2D eigenvalue weighted by Gasteiger charge is -2.29. The highest BCUT2D eigenvalue weighted by Crippen LogP contribution is 2.33. The Morgan fingerprint density at radius 3 is 2.52 bits per heavy atom. The van der Waals surface area contributed by atoms with Crippen LogP contribution in [-0.4, -0.2) is 24.0 Å². The van der Waals surface area contributed by atoms with Crippen LogP contribution in [0.3, 0.4) is 0 Å². The number of nitrogens with one attached hydrogen (secondary N) is 1. The van der Waals surface area contributed by atoms with Gasteiger partial charge in [-0.25, -0.2) is 13.8 Å². The summed E-state index contributed by atoms with van der Waals surface area (Å²) in [7, 11) is 0. The Kier molecular flexibility index (Phi) is 5.60. The quantitative estimate of drug-likeness (QED) is 0.590. The van der Waals surface area contributed by atoms with Crippen molar-refractivity contribution in [2.24, 2.45) is 0 Å². The molecule has 29 heavy (non-hydrogen) atoms. The van der Waals surface area contributed by atoms with Gasteiger partial charge in [0, 0.05) is 41.8 Å². The summed E-state index contributed by atoms with van der Waals surface area (Å²) in [5.41, 5.74) is 1.75. The van der Waals surface area contributed by atoms with E-state index in [0.717, 1.165) is 46.4 Å². The van der Waals surface area contributed by atoms with Crippen molar-refractivity contribution in [2.75, 3.05) is 23.3 Å². The molecule has 8 heteroatoms. The minimum Gasteiger partial charge on any atom is -0.343 e. The number of anilines is 2. The number of carbonyl (C=O) groups excluding carboxylic acids is 1. The lowest BCUT2D eigenvalue weighted by Crippen LogP contribution is -2.30. The number of thiazole rings is 1. The zero-order valence-electron chi connectivity index (χ0n) is 15.2. The molecule has 4 nitrogen and oxygen atoms in total. The SMILES string of the molecule is O=C(Nc1ccc(C2=C(Cl)CCN(c3nccs3)C2)cc1)c1c(F)cccc1F. The van der Waals surface area contributed by atoms with Gasteiger partial charge in [-0.2, -0.15) is 0 Å². The van der Waals surface area contributed by atoms with Gasteiger partial charge >= 0.3 is 0 Å². The van der Waals surface area contributed by atoms with Crippen LogP contribution in [0.2, 0.25) is 0 Å². The van der Waals surface area contributed by atoms with E-state index >= 15 is 0 Å². The number of benzene rings is 2. The van der Waals surface area contributed by atoms with Crippen molar-refractivity contribution in [1.29, 1.82) is 0 Å². The number of nitrogens with zero attached hydrogens (tertiary/aromatic N) is 2. The van der Waals surface area contributed by atoms with Crippen LogP contribution in [-0.2, 0) is 0 Å². The predicted octanol–water partition coefficient (Wildman–Crippen LogP) is 5.53. The van der Waals surface area contributed by atoms with Crippen molar-refractivity contribution in [3.8, 4) is 0 Å². The molecule has 0 aliphatic carbocycles. The zero-order chi connectivity index (χ0) is 20.4. The third kappa shape index (κ3) is 4.16. The lowest BCUT2D eigenvalue weighted by molar-refractivity contribution is 0.101. The van der Waals surface area contributed by atoms with Gasteiger partial charge in [0.1, 0.15) is 17.2 Å². The fourth-order valence-corrected chi connectivity index (χ4v) is 4.11. The Balaban J connectivity index is 1.51. The Labute approximate surface area is 175 Å². The van der Waals surface area contributed by atoms with Gasteiger partial charge in [-0.15, -0.1) is 11.3 Å². The monoisotopic (exact) mass is 431 g/mol. The molecule has 1 aliphatic heterocycles. The molecule has 0 radical (unpaired) electrons. The molecule has 4 rings (SSSR count). The van der Waals surface area contributed by atoms with Crippen LogP contribution in [0.15, 0.2) is 59.1 Å². The molecule has 148 valence electrons. The van der Waals surface area contributed by atoms with Crippen molar-refractivity contribution >= 4 is 45.2 Å². The summed E-state index contributed by atoms with van der Waals surface area (Å²) in [5.74, 6) is -2.64. The number of hydrogen-bond donors (Lipinski definition) is 1. The molecule has 2 aromatic carbocycles. The fourth-order valence-electron chi connectivity index (χ4n) is 3.19. The minimum atomic E-state index is -0.902. The molecule has 0 saturated heterocycles. The molecule has 0 spiro atoms. The van der Waals surface area contributed by atoms with E-state index in [0.29, 0.717) is 12.2 Å². The van der Waals surface area contributed by atoms with E-state index in [1.807, 2.05) is 17.5 Å². The summed E-state index contributed by atoms with van der Waals surface area (Å²) < 4.78 is 27.6. The highest BCUT2D eigenvalue weighted by molar-refractivity contribution is 7.13. The van der Waals surface area contributed by atoms with Gasteiger partial charge in [0.25, 0.3) is 5.91 Å². The number of hydrogen-bond acceptors (Lipinski definition) is 4. The van der Waals surface area contributed by atoms with E-state index < -0.39 is 23.1 Å². The van der Waals surface area contributed by atoms with E-state index in [4.69, 9.17) is 11.6 Å². The summed E-state index contributed by atoms with van der Waals surface area (Å²) >= 11 is 8.04. The Morgan fingerprint density at radius 1 is 1.14 bits per heavy atom. The Hall–Kier alpha value is -2.77. The molecule has 1 aliphatic rings. The van der Waals surface area contributed by atoms with Gasteiger partial charge < -0.3 is 10.2 Å². The van der Waals surface area contributed by atoms with Crippen molar-refractivity contribution in [3.63, 3.8) is 0 Å². The van der Waals surface area contributed by atoms with Crippen LogP contribution in [0.25, 0.3) is 5.57 Å². The molecular formula is C21H16ClF2N3OS. The summed E-state index contributed by atoms with van der Waals surface area (Å²) in [6.45, 7) is 1.44. The van der Waals surface area contributed by atoms with Crippen molar-refractivity contribution in [2.45, 2.75) is 6.42 Å². The summed E-state index contributed by atoms with van der Waals surface area (Å²) in [4.78, 5) is 18.8. The van der Waals surface area contributed by atoms with E-state index in [-0.39, 0.29) is 0 Å². The second-order valence-electron chi connectivity index (χ2n) is 6.50. The van der Waals surface area contributed by atoms with Gasteiger partial charge in [-0.3, -0.25) is 4.79 Å². The Morgan fingerprint density at radius 2 is 1.86 bits per heavy atom. The van der Waals surface area contributed by atoms with Gasteiger partial charge in [0.05, 0.1) is 0 Å². The maximum Gasteiger partial charge on any atom is 0.261 e. The first-order valence-electron chi connectivity index (χ1n) is 8.90. The van der Waals surface area contributed by atoms with Gasteiger partial charge in [0.2, 0.25) is 0 Å². The highest BCUT2D eigenvalue weighted by Gasteiger charge is 2.21. The van der Waals surface area contributed by atoms with Gasteiger partial charge in [-0.05, 0) is 35.4 Å². The molecule has 0 atom stereocenters. The number of halogens is 3. The fraction of sp³-hybridized carbons (Fsp3) is 0.143. The number of aromatic nitrogens is 1. The van der Waals surface area contributed by atoms with E-state index in [9.17, 15) is 13.6 Å². The summed E-state index contributed by atoms with van der Waals surface area (Å²) in [5, 5.41) is 6.20. The van der Waals surface area contributed by atoms with Crippen LogP contribution >= 0.6 is 22.9 Å². The third-order valence-electron chi connectivity index (χ3n) is 4.65. The molecule has 0 unspecified atom stereocenters. The maximum absolute atomic E-state index is 13.8.